The number of halogens is 1. The Kier molecular flexibility index (Phi) is 9.12. The van der Waals surface area contributed by atoms with Crippen LogP contribution in [0.2, 0.25) is 5.02 Å². The van der Waals surface area contributed by atoms with Crippen LogP contribution in [0.1, 0.15) is 47.0 Å². The summed E-state index contributed by atoms with van der Waals surface area (Å²) in [5, 5.41) is 4.13. The van der Waals surface area contributed by atoms with Crippen LogP contribution in [0.4, 0.5) is 11.4 Å². The first-order valence-electron chi connectivity index (χ1n) is 17.2. The number of carbonyl (C=O) groups is 4. The van der Waals surface area contributed by atoms with Crippen molar-refractivity contribution in [1.82, 2.24) is 4.98 Å². The summed E-state index contributed by atoms with van der Waals surface area (Å²) >= 11 is 8.91. The van der Waals surface area contributed by atoms with E-state index in [1.54, 1.807) is 73.3 Å². The number of hydrogen-bond acceptors (Lipinski definition) is 10. The van der Waals surface area contributed by atoms with E-state index in [0.717, 1.165) is 21.9 Å². The number of hydrogen-bond donors (Lipinski definition) is 2. The van der Waals surface area contributed by atoms with Crippen LogP contribution in [-0.4, -0.2) is 53.7 Å². The van der Waals surface area contributed by atoms with Crippen LogP contribution in [0.15, 0.2) is 76.6 Å². The van der Waals surface area contributed by atoms with Gasteiger partial charge in [-0.3, -0.25) is 24.1 Å². The third kappa shape index (κ3) is 5.88. The van der Waals surface area contributed by atoms with Gasteiger partial charge in [0.15, 0.2) is 18.1 Å². The molecule has 52 heavy (non-hydrogen) atoms. The maximum atomic E-state index is 14.1. The Bertz CT molecular complexity index is 2130. The van der Waals surface area contributed by atoms with Gasteiger partial charge in [0.05, 0.1) is 41.3 Å². The third-order valence-corrected chi connectivity index (χ3v) is 13.3. The first-order valence-corrected chi connectivity index (χ1v) is 19.2. The lowest BCUT2D eigenvalue weighted by molar-refractivity contribution is -0.123. The Labute approximate surface area is 312 Å². The molecule has 4 aromatic rings. The molecule has 4 unspecified atom stereocenters. The minimum Gasteiger partial charge on any atom is -0.490 e. The highest BCUT2D eigenvalue weighted by Crippen LogP contribution is 2.68. The number of carbonyl (C=O) groups excluding carboxylic acids is 4. The van der Waals surface area contributed by atoms with E-state index in [9.17, 15) is 24.0 Å². The summed E-state index contributed by atoms with van der Waals surface area (Å²) in [6.45, 7) is 3.92. The topological polar surface area (TPSA) is 144 Å². The minimum atomic E-state index is -0.441. The molecule has 3 heterocycles. The lowest BCUT2D eigenvalue weighted by Crippen LogP contribution is -2.42. The number of fused-ring (bicyclic) bond motifs is 9. The van der Waals surface area contributed by atoms with Crippen molar-refractivity contribution in [3.8, 4) is 11.5 Å². The highest BCUT2D eigenvalue weighted by Gasteiger charge is 2.69. The molecule has 2 saturated carbocycles. The normalized spacial score (nSPS) is 25.4. The van der Waals surface area contributed by atoms with Crippen LogP contribution >= 0.6 is 34.7 Å². The van der Waals surface area contributed by atoms with Crippen molar-refractivity contribution in [1.29, 1.82) is 0 Å². The Balaban J connectivity index is 1.05. The number of imide groups is 1. The van der Waals surface area contributed by atoms with E-state index in [1.807, 2.05) is 19.1 Å². The predicted octanol–water partition coefficient (Wildman–Crippen LogP) is 6.36. The van der Waals surface area contributed by atoms with E-state index < -0.39 is 23.7 Å². The van der Waals surface area contributed by atoms with Gasteiger partial charge in [-0.05, 0) is 104 Å². The molecule has 1 aromatic heterocycles. The van der Waals surface area contributed by atoms with Gasteiger partial charge in [0.25, 0.3) is 5.91 Å². The van der Waals surface area contributed by atoms with Crippen molar-refractivity contribution in [3.63, 3.8) is 0 Å². The molecule has 3 amide bonds. The summed E-state index contributed by atoms with van der Waals surface area (Å²) in [6.07, 6.45) is 0.763. The fourth-order valence-corrected chi connectivity index (χ4v) is 11.6. The lowest BCUT2D eigenvalue weighted by atomic mass is 9.68. The van der Waals surface area contributed by atoms with E-state index in [0.29, 0.717) is 40.1 Å². The Hall–Kier alpha value is -4.59. The summed E-state index contributed by atoms with van der Waals surface area (Å²) in [5.41, 5.74) is 2.32. The molecule has 2 bridgehead atoms. The zero-order chi connectivity index (χ0) is 36.3. The predicted molar refractivity (Wildman–Crippen MR) is 197 cm³/mol. The largest absolute Gasteiger partial charge is 0.490 e. The maximum absolute atomic E-state index is 14.1. The molecule has 2 N–H and O–H groups in total. The fraction of sp³-hybridized carbons (Fsp3) is 0.342. The smallest absolute Gasteiger partial charge is 0.338 e. The Morgan fingerprint density at radius 2 is 1.63 bits per heavy atom. The van der Waals surface area contributed by atoms with Gasteiger partial charge < -0.3 is 24.5 Å². The molecule has 2 aliphatic heterocycles. The van der Waals surface area contributed by atoms with Crippen LogP contribution in [0.25, 0.3) is 0 Å². The summed E-state index contributed by atoms with van der Waals surface area (Å²) in [6, 6.07) is 18.8. The average Bonchev–Trinajstić information content (AvgIpc) is 3.87. The van der Waals surface area contributed by atoms with Gasteiger partial charge in [0.1, 0.15) is 0 Å². The van der Waals surface area contributed by atoms with E-state index in [2.05, 4.69) is 10.3 Å². The van der Waals surface area contributed by atoms with Gasteiger partial charge in [-0.2, -0.15) is 0 Å². The zero-order valence-electron chi connectivity index (χ0n) is 28.1. The van der Waals surface area contributed by atoms with Gasteiger partial charge in [-0.15, -0.1) is 11.8 Å². The monoisotopic (exact) mass is 759 g/mol. The molecule has 0 spiro atoms. The number of benzene rings is 3. The van der Waals surface area contributed by atoms with Crippen LogP contribution in [0.5, 0.6) is 11.5 Å². The number of thiazole rings is 1. The highest BCUT2D eigenvalue weighted by molar-refractivity contribution is 8.00. The first kappa shape index (κ1) is 34.5. The Morgan fingerprint density at radius 1 is 0.904 bits per heavy atom. The molecular formula is C38H34ClN3O8S2. The van der Waals surface area contributed by atoms with Crippen molar-refractivity contribution in [3.05, 3.63) is 97.4 Å². The van der Waals surface area contributed by atoms with Gasteiger partial charge in [0, 0.05) is 26.8 Å². The number of aromatic nitrogens is 1. The van der Waals surface area contributed by atoms with Crippen molar-refractivity contribution in [2.45, 2.75) is 36.5 Å². The number of ether oxygens (including phenoxy) is 3. The van der Waals surface area contributed by atoms with Crippen LogP contribution < -0.4 is 24.6 Å². The van der Waals surface area contributed by atoms with E-state index in [-0.39, 0.29) is 58.8 Å². The molecule has 14 heteroatoms. The summed E-state index contributed by atoms with van der Waals surface area (Å²) in [4.78, 5) is 70.6. The SMILES string of the molecule is CCOC(=O)c1ccc(NC(=O)COc2ccc([C@H]3c4sc(=O)[nH]c4SC4C3[C@H]3C[C@@H]4C4C(=O)N(c5ccc(Cl)cc5)C(=O)C43)cc2OCC)cc1. The molecule has 11 nitrogen and oxygen atoms in total. The minimum absolute atomic E-state index is 0.000595. The number of rotatable bonds is 10. The van der Waals surface area contributed by atoms with Crippen LogP contribution in [0.3, 0.4) is 0 Å². The van der Waals surface area contributed by atoms with Crippen LogP contribution in [0, 0.1) is 29.6 Å². The van der Waals surface area contributed by atoms with Crippen molar-refractivity contribution in [2.75, 3.05) is 30.0 Å². The molecule has 7 atom stereocenters. The van der Waals surface area contributed by atoms with Crippen molar-refractivity contribution < 1.29 is 33.4 Å². The number of anilines is 2. The fourth-order valence-electron chi connectivity index (χ4n) is 8.58. The van der Waals surface area contributed by atoms with E-state index in [1.165, 1.54) is 16.2 Å². The van der Waals surface area contributed by atoms with Gasteiger partial charge in [0.2, 0.25) is 11.8 Å². The second-order valence-electron chi connectivity index (χ2n) is 13.2. The molecule has 0 radical (unpaired) electrons. The van der Waals surface area contributed by atoms with E-state index in [4.69, 9.17) is 25.8 Å². The van der Waals surface area contributed by atoms with Crippen LogP contribution in [-0.2, 0) is 19.1 Å². The van der Waals surface area contributed by atoms with Gasteiger partial charge in [-0.1, -0.05) is 29.0 Å². The second-order valence-corrected chi connectivity index (χ2v) is 15.9. The number of thioether (sulfide) groups is 1. The zero-order valence-corrected chi connectivity index (χ0v) is 30.5. The molecule has 8 rings (SSSR count). The summed E-state index contributed by atoms with van der Waals surface area (Å²) in [5.74, 6) is -1.49. The number of nitrogens with one attached hydrogen (secondary N) is 2. The molecule has 4 aliphatic rings. The maximum Gasteiger partial charge on any atom is 0.338 e. The molecule has 3 fully saturated rings. The number of amides is 3. The Morgan fingerprint density at radius 3 is 2.35 bits per heavy atom. The number of H-pyrrole nitrogens is 1. The standard InChI is InChI=1S/C38H34ClN3O8S2/c1-3-48-26-15-19(7-14-25(26)50-17-27(43)40-21-10-5-18(6-11-21)37(46)49-4-2)28-29-23-16-24(32(29)51-34-33(28)52-38(47)41-34)31-30(23)35(44)42(36(31)45)22-12-8-20(39)9-13-22/h5-15,23-24,28-32H,3-4,16-17H2,1-2H3,(H,40,43)(H,41,47)/t23-,24-,28-,29?,30?,31?,32?/m1/s1. The van der Waals surface area contributed by atoms with Gasteiger partial charge >= 0.3 is 10.8 Å². The summed E-state index contributed by atoms with van der Waals surface area (Å²) in [7, 11) is 0. The molecule has 268 valence electrons. The quantitative estimate of drug-likeness (QED) is 0.139. The molecule has 3 aromatic carbocycles. The lowest BCUT2D eigenvalue weighted by Gasteiger charge is -2.43. The molecule has 1 saturated heterocycles. The first-order chi connectivity index (χ1) is 25.2. The molecule has 2 aliphatic carbocycles. The second kappa shape index (κ2) is 13.8. The van der Waals surface area contributed by atoms with Crippen molar-refractivity contribution in [2.24, 2.45) is 29.6 Å². The number of esters is 1. The average molecular weight is 760 g/mol. The van der Waals surface area contributed by atoms with Gasteiger partial charge in [-0.25, -0.2) is 4.79 Å². The molecular weight excluding hydrogens is 726 g/mol. The third-order valence-electron chi connectivity index (χ3n) is 10.5. The van der Waals surface area contributed by atoms with E-state index >= 15 is 0 Å². The highest BCUT2D eigenvalue weighted by atomic mass is 35.5. The summed E-state index contributed by atoms with van der Waals surface area (Å²) < 4.78 is 17.0. The van der Waals surface area contributed by atoms with Crippen molar-refractivity contribution >= 4 is 69.8 Å². The number of aromatic amines is 1. The number of nitrogens with zero attached hydrogens (tertiary/aromatic N) is 1.